The number of benzene rings is 6. The van der Waals surface area contributed by atoms with Gasteiger partial charge in [0.2, 0.25) is 0 Å². The summed E-state index contributed by atoms with van der Waals surface area (Å²) in [5.74, 6) is 0. The lowest BCUT2D eigenvalue weighted by Gasteiger charge is -2.52. The largest absolute Gasteiger partial charge is 0.335 e. The van der Waals surface area contributed by atoms with E-state index in [9.17, 15) is 0 Å². The first-order chi connectivity index (χ1) is 23.6. The molecule has 3 aliphatic heterocycles. The Bertz CT molecular complexity index is 2690. The van der Waals surface area contributed by atoms with E-state index in [-0.39, 0.29) is 17.7 Å². The highest BCUT2D eigenvalue weighted by molar-refractivity contribution is 7.00. The molecule has 228 valence electrons. The highest BCUT2D eigenvalue weighted by Gasteiger charge is 2.61. The zero-order valence-corrected chi connectivity index (χ0v) is 27.3. The van der Waals surface area contributed by atoms with Crippen molar-refractivity contribution in [3.63, 3.8) is 0 Å². The highest BCUT2D eigenvalue weighted by atomic mass is 15.3. The molecule has 3 nitrogen and oxygen atoms in total. The SMILES string of the molecule is CC12CCCCC1(C)N1c3ccccc3B3c4cc5c6cccc7c8ccccc8n(c5cc4N(c4ccccc4)c4ccc2c1c43)c76. The molecular weight excluding hydrogens is 581 g/mol. The Morgan fingerprint density at radius 1 is 0.583 bits per heavy atom. The Balaban J connectivity index is 1.26. The second-order valence-electron chi connectivity index (χ2n) is 15.2. The summed E-state index contributed by atoms with van der Waals surface area (Å²) < 4.78 is 2.53. The van der Waals surface area contributed by atoms with E-state index in [4.69, 9.17) is 0 Å². The van der Waals surface area contributed by atoms with Crippen LogP contribution in [0.1, 0.15) is 45.1 Å². The van der Waals surface area contributed by atoms with Gasteiger partial charge in [-0.2, -0.15) is 0 Å². The van der Waals surface area contributed by atoms with Crippen LogP contribution in [-0.2, 0) is 5.41 Å². The molecule has 1 aliphatic carbocycles. The molecule has 0 radical (unpaired) electrons. The molecule has 0 amide bonds. The molecule has 4 heteroatoms. The second-order valence-corrected chi connectivity index (χ2v) is 15.2. The number of fused-ring (bicyclic) bond motifs is 14. The first-order valence-electron chi connectivity index (χ1n) is 17.7. The van der Waals surface area contributed by atoms with Crippen LogP contribution in [0.15, 0.2) is 121 Å². The number of aromatic nitrogens is 1. The minimum Gasteiger partial charge on any atom is -0.335 e. The fourth-order valence-electron chi connectivity index (χ4n) is 11.0. The molecule has 1 fully saturated rings. The van der Waals surface area contributed by atoms with Crippen molar-refractivity contribution in [2.45, 2.75) is 50.5 Å². The zero-order valence-electron chi connectivity index (χ0n) is 27.3. The van der Waals surface area contributed by atoms with Crippen LogP contribution >= 0.6 is 0 Å². The summed E-state index contributed by atoms with van der Waals surface area (Å²) in [5.41, 5.74) is 16.6. The summed E-state index contributed by atoms with van der Waals surface area (Å²) in [6, 6.07) is 46.3. The molecule has 4 aliphatic rings. The molecule has 2 unspecified atom stereocenters. The van der Waals surface area contributed by atoms with Crippen molar-refractivity contribution >= 4 is 89.6 Å². The van der Waals surface area contributed by atoms with Crippen LogP contribution in [0.3, 0.4) is 0 Å². The third kappa shape index (κ3) is 2.73. The molecule has 8 aromatic rings. The molecule has 2 atom stereocenters. The Morgan fingerprint density at radius 3 is 2.23 bits per heavy atom. The highest BCUT2D eigenvalue weighted by Crippen LogP contribution is 2.62. The van der Waals surface area contributed by atoms with Crippen LogP contribution in [0.5, 0.6) is 0 Å². The van der Waals surface area contributed by atoms with Crippen LogP contribution in [-0.4, -0.2) is 16.7 Å². The summed E-state index contributed by atoms with van der Waals surface area (Å²) in [6.07, 6.45) is 5.04. The normalized spacial score (nSPS) is 22.1. The van der Waals surface area contributed by atoms with E-state index in [2.05, 4.69) is 149 Å². The number of nitrogens with zero attached hydrogens (tertiary/aromatic N) is 3. The van der Waals surface area contributed by atoms with Gasteiger partial charge in [-0.15, -0.1) is 0 Å². The van der Waals surface area contributed by atoms with Gasteiger partial charge < -0.3 is 14.2 Å². The van der Waals surface area contributed by atoms with Crippen LogP contribution in [0.4, 0.5) is 28.4 Å². The molecule has 0 bridgehead atoms. The zero-order chi connectivity index (χ0) is 31.5. The van der Waals surface area contributed by atoms with Crippen molar-refractivity contribution in [3.05, 3.63) is 127 Å². The third-order valence-electron chi connectivity index (χ3n) is 13.2. The summed E-state index contributed by atoms with van der Waals surface area (Å²) in [7, 11) is 0. The molecular formula is C44H34BN3. The topological polar surface area (TPSA) is 10.9 Å². The summed E-state index contributed by atoms with van der Waals surface area (Å²) in [4.78, 5) is 5.39. The van der Waals surface area contributed by atoms with Crippen LogP contribution < -0.4 is 26.2 Å². The standard InChI is InChI=1S/C44H34BN3/c1-43-23-10-11-24-44(43,2)48-36-20-9-7-18-33(36)45-34-25-31-30-17-12-16-29-28-15-6-8-19-35(28)47(41(29)30)38(31)26-39(34)46(27-13-4-3-5-14-27)37-22-21-32(43)42(48)40(37)45/h3-9,12-22,25-26H,10-11,23-24H2,1-2H3. The quantitative estimate of drug-likeness (QED) is 0.171. The molecule has 48 heavy (non-hydrogen) atoms. The lowest BCUT2D eigenvalue weighted by molar-refractivity contribution is 0.195. The Labute approximate surface area is 280 Å². The molecule has 2 aromatic heterocycles. The number of anilines is 5. The summed E-state index contributed by atoms with van der Waals surface area (Å²) in [5, 5.41) is 5.34. The Morgan fingerprint density at radius 2 is 1.33 bits per heavy atom. The lowest BCUT2D eigenvalue weighted by atomic mass is 9.33. The smallest absolute Gasteiger partial charge is 0.252 e. The van der Waals surface area contributed by atoms with E-state index >= 15 is 0 Å². The van der Waals surface area contributed by atoms with E-state index in [1.807, 2.05) is 0 Å². The van der Waals surface area contributed by atoms with Gasteiger partial charge in [-0.3, -0.25) is 0 Å². The van der Waals surface area contributed by atoms with Gasteiger partial charge in [0, 0.05) is 55.4 Å². The van der Waals surface area contributed by atoms with Crippen LogP contribution in [0.2, 0.25) is 0 Å². The van der Waals surface area contributed by atoms with Gasteiger partial charge >= 0.3 is 0 Å². The maximum absolute atomic E-state index is 2.81. The average molecular weight is 616 g/mol. The Kier molecular flexibility index (Phi) is 4.54. The third-order valence-corrected chi connectivity index (χ3v) is 13.2. The first kappa shape index (κ1) is 25.8. The molecule has 0 saturated heterocycles. The van der Waals surface area contributed by atoms with Crippen LogP contribution in [0, 0.1) is 0 Å². The molecule has 0 N–H and O–H groups in total. The lowest BCUT2D eigenvalue weighted by Crippen LogP contribution is -2.64. The fraction of sp³-hybridized carbons (Fsp3) is 0.182. The maximum atomic E-state index is 2.81. The van der Waals surface area contributed by atoms with Crippen molar-refractivity contribution in [1.82, 2.24) is 4.40 Å². The van der Waals surface area contributed by atoms with Crippen molar-refractivity contribution in [2.75, 3.05) is 9.80 Å². The number of hydrogen-bond donors (Lipinski definition) is 0. The van der Waals surface area contributed by atoms with Crippen molar-refractivity contribution in [2.24, 2.45) is 0 Å². The van der Waals surface area contributed by atoms with Crippen LogP contribution in [0.25, 0.3) is 38.1 Å². The monoisotopic (exact) mass is 615 g/mol. The fourth-order valence-corrected chi connectivity index (χ4v) is 11.0. The van der Waals surface area contributed by atoms with E-state index < -0.39 is 0 Å². The van der Waals surface area contributed by atoms with E-state index in [1.54, 1.807) is 5.56 Å². The number of rotatable bonds is 1. The average Bonchev–Trinajstić information content (AvgIpc) is 3.71. The van der Waals surface area contributed by atoms with Gasteiger partial charge in [0.05, 0.1) is 22.1 Å². The van der Waals surface area contributed by atoms with Crippen molar-refractivity contribution in [3.8, 4) is 0 Å². The first-order valence-corrected chi connectivity index (χ1v) is 17.7. The minimum atomic E-state index is 0.0415. The van der Waals surface area contributed by atoms with Crippen molar-refractivity contribution in [1.29, 1.82) is 0 Å². The second kappa shape index (κ2) is 8.43. The Hall–Kier alpha value is -5.22. The molecule has 0 spiro atoms. The maximum Gasteiger partial charge on any atom is 0.252 e. The van der Waals surface area contributed by atoms with Gasteiger partial charge in [-0.25, -0.2) is 0 Å². The molecule has 1 saturated carbocycles. The van der Waals surface area contributed by atoms with E-state index in [0.29, 0.717) is 0 Å². The van der Waals surface area contributed by atoms with Crippen molar-refractivity contribution < 1.29 is 0 Å². The minimum absolute atomic E-state index is 0.0415. The van der Waals surface area contributed by atoms with E-state index in [0.717, 1.165) is 0 Å². The predicted molar refractivity (Wildman–Crippen MR) is 203 cm³/mol. The van der Waals surface area contributed by atoms with Gasteiger partial charge in [0.25, 0.3) is 6.71 Å². The van der Waals surface area contributed by atoms with E-state index in [1.165, 1.54) is 109 Å². The summed E-state index contributed by atoms with van der Waals surface area (Å²) >= 11 is 0. The number of hydrogen-bond acceptors (Lipinski definition) is 2. The van der Waals surface area contributed by atoms with Gasteiger partial charge in [0.15, 0.2) is 0 Å². The summed E-state index contributed by atoms with van der Waals surface area (Å²) in [6.45, 7) is 5.29. The van der Waals surface area contributed by atoms with Gasteiger partial charge in [0.1, 0.15) is 0 Å². The number of para-hydroxylation sites is 4. The van der Waals surface area contributed by atoms with Gasteiger partial charge in [-0.05, 0) is 78.1 Å². The predicted octanol–water partition coefficient (Wildman–Crippen LogP) is 9.19. The molecule has 5 heterocycles. The van der Waals surface area contributed by atoms with Gasteiger partial charge in [-0.1, -0.05) is 105 Å². The molecule has 12 rings (SSSR count). The molecule has 6 aromatic carbocycles.